The SMILES string of the molecule is CCCCC(CC)(CCl)CCCSC. The second-order valence-electron chi connectivity index (χ2n) is 4.19. The predicted molar refractivity (Wildman–Crippen MR) is 70.6 cm³/mol. The van der Waals surface area contributed by atoms with Gasteiger partial charge in [0.05, 0.1) is 0 Å². The normalized spacial score (nSPS) is 15.4. The van der Waals surface area contributed by atoms with Gasteiger partial charge in [-0.3, -0.25) is 0 Å². The highest BCUT2D eigenvalue weighted by atomic mass is 35.5. The predicted octanol–water partition coefficient (Wildman–Crippen LogP) is 4.96. The van der Waals surface area contributed by atoms with Crippen LogP contribution in [0.3, 0.4) is 0 Å². The molecule has 0 aromatic rings. The molecule has 14 heavy (non-hydrogen) atoms. The molecule has 0 saturated heterocycles. The van der Waals surface area contributed by atoms with E-state index >= 15 is 0 Å². The van der Waals surface area contributed by atoms with Crippen LogP contribution in [0.5, 0.6) is 0 Å². The minimum atomic E-state index is 0.438. The van der Waals surface area contributed by atoms with Crippen molar-refractivity contribution in [2.45, 2.75) is 52.4 Å². The summed E-state index contributed by atoms with van der Waals surface area (Å²) in [5, 5.41) is 0. The van der Waals surface area contributed by atoms with E-state index in [2.05, 4.69) is 20.1 Å². The molecule has 0 rings (SSSR count). The Kier molecular flexibility index (Phi) is 9.32. The number of hydrogen-bond donors (Lipinski definition) is 0. The summed E-state index contributed by atoms with van der Waals surface area (Å²) in [4.78, 5) is 0. The van der Waals surface area contributed by atoms with Crippen LogP contribution in [0.15, 0.2) is 0 Å². The van der Waals surface area contributed by atoms with Gasteiger partial charge in [-0.15, -0.1) is 11.6 Å². The van der Waals surface area contributed by atoms with E-state index in [1.807, 2.05) is 11.8 Å². The lowest BCUT2D eigenvalue weighted by molar-refractivity contribution is 0.257. The highest BCUT2D eigenvalue weighted by molar-refractivity contribution is 7.98. The lowest BCUT2D eigenvalue weighted by Gasteiger charge is -2.30. The third kappa shape index (κ3) is 5.50. The maximum absolute atomic E-state index is 6.13. The van der Waals surface area contributed by atoms with E-state index in [0.717, 1.165) is 5.88 Å². The summed E-state index contributed by atoms with van der Waals surface area (Å²) in [6.07, 6.45) is 10.0. The summed E-state index contributed by atoms with van der Waals surface area (Å²) in [7, 11) is 0. The van der Waals surface area contributed by atoms with E-state index in [1.54, 1.807) is 0 Å². The van der Waals surface area contributed by atoms with Crippen molar-refractivity contribution in [1.82, 2.24) is 0 Å². The first-order valence-corrected chi connectivity index (χ1v) is 7.72. The molecule has 86 valence electrons. The summed E-state index contributed by atoms with van der Waals surface area (Å²) >= 11 is 8.08. The Morgan fingerprint density at radius 1 is 1.14 bits per heavy atom. The Hall–Kier alpha value is 0.640. The molecule has 0 N–H and O–H groups in total. The molecule has 0 fully saturated rings. The molecule has 0 aliphatic carbocycles. The maximum atomic E-state index is 6.13. The van der Waals surface area contributed by atoms with Crippen molar-refractivity contribution in [3.05, 3.63) is 0 Å². The Bertz CT molecular complexity index is 121. The van der Waals surface area contributed by atoms with Crippen LogP contribution in [0.4, 0.5) is 0 Å². The van der Waals surface area contributed by atoms with Gasteiger partial charge in [-0.25, -0.2) is 0 Å². The third-order valence-corrected chi connectivity index (χ3v) is 4.41. The van der Waals surface area contributed by atoms with Crippen LogP contribution in [-0.4, -0.2) is 17.9 Å². The van der Waals surface area contributed by atoms with E-state index in [4.69, 9.17) is 11.6 Å². The van der Waals surface area contributed by atoms with Gasteiger partial charge in [0.1, 0.15) is 0 Å². The smallest absolute Gasteiger partial charge is 0.0279 e. The largest absolute Gasteiger partial charge is 0.165 e. The number of hydrogen-bond acceptors (Lipinski definition) is 1. The van der Waals surface area contributed by atoms with Crippen LogP contribution < -0.4 is 0 Å². The Morgan fingerprint density at radius 2 is 1.79 bits per heavy atom. The summed E-state index contributed by atoms with van der Waals surface area (Å²) in [6, 6.07) is 0. The average molecular weight is 237 g/mol. The minimum absolute atomic E-state index is 0.438. The molecule has 0 radical (unpaired) electrons. The van der Waals surface area contributed by atoms with Crippen LogP contribution in [-0.2, 0) is 0 Å². The lowest BCUT2D eigenvalue weighted by Crippen LogP contribution is -2.22. The summed E-state index contributed by atoms with van der Waals surface area (Å²) in [5.74, 6) is 2.13. The zero-order chi connectivity index (χ0) is 10.9. The van der Waals surface area contributed by atoms with Crippen LogP contribution in [0.1, 0.15) is 52.4 Å². The van der Waals surface area contributed by atoms with Crippen molar-refractivity contribution in [2.75, 3.05) is 17.9 Å². The highest BCUT2D eigenvalue weighted by Gasteiger charge is 2.25. The Balaban J connectivity index is 3.94. The van der Waals surface area contributed by atoms with E-state index in [-0.39, 0.29) is 0 Å². The van der Waals surface area contributed by atoms with E-state index in [9.17, 15) is 0 Å². The van der Waals surface area contributed by atoms with Gasteiger partial charge < -0.3 is 0 Å². The summed E-state index contributed by atoms with van der Waals surface area (Å²) < 4.78 is 0. The number of halogens is 1. The Morgan fingerprint density at radius 3 is 2.21 bits per heavy atom. The van der Waals surface area contributed by atoms with Gasteiger partial charge in [-0.05, 0) is 43.1 Å². The standard InChI is InChI=1S/C12H25ClS/c1-4-6-8-12(5-2,11-13)9-7-10-14-3/h4-11H2,1-3H3. The van der Waals surface area contributed by atoms with Crippen molar-refractivity contribution in [2.24, 2.45) is 5.41 Å². The van der Waals surface area contributed by atoms with Crippen molar-refractivity contribution in [1.29, 1.82) is 0 Å². The van der Waals surface area contributed by atoms with Crippen LogP contribution >= 0.6 is 23.4 Å². The molecule has 0 bridgehead atoms. The number of alkyl halides is 1. The monoisotopic (exact) mass is 236 g/mol. The molecule has 0 saturated carbocycles. The second-order valence-corrected chi connectivity index (χ2v) is 5.44. The zero-order valence-electron chi connectivity index (χ0n) is 9.94. The van der Waals surface area contributed by atoms with Crippen LogP contribution in [0.2, 0.25) is 0 Å². The average Bonchev–Trinajstić information content (AvgIpc) is 2.24. The first-order valence-electron chi connectivity index (χ1n) is 5.79. The van der Waals surface area contributed by atoms with Gasteiger partial charge in [-0.2, -0.15) is 11.8 Å². The molecular weight excluding hydrogens is 212 g/mol. The molecule has 0 aromatic heterocycles. The molecule has 1 atom stereocenters. The fourth-order valence-corrected chi connectivity index (χ4v) is 2.74. The first kappa shape index (κ1) is 14.6. The van der Waals surface area contributed by atoms with Crippen molar-refractivity contribution >= 4 is 23.4 Å². The molecular formula is C12H25ClS. The van der Waals surface area contributed by atoms with Crippen molar-refractivity contribution < 1.29 is 0 Å². The summed E-state index contributed by atoms with van der Waals surface area (Å²) in [6.45, 7) is 4.55. The quantitative estimate of drug-likeness (QED) is 0.403. The maximum Gasteiger partial charge on any atom is 0.0279 e. The Labute approximate surface area is 99.2 Å². The fourth-order valence-electron chi connectivity index (χ4n) is 1.85. The highest BCUT2D eigenvalue weighted by Crippen LogP contribution is 2.35. The van der Waals surface area contributed by atoms with Gasteiger partial charge in [0.25, 0.3) is 0 Å². The van der Waals surface area contributed by atoms with Gasteiger partial charge >= 0.3 is 0 Å². The summed E-state index contributed by atoms with van der Waals surface area (Å²) in [5.41, 5.74) is 0.438. The second kappa shape index (κ2) is 8.91. The van der Waals surface area contributed by atoms with Gasteiger partial charge in [0.15, 0.2) is 0 Å². The number of rotatable bonds is 9. The number of thioether (sulfide) groups is 1. The van der Waals surface area contributed by atoms with Crippen LogP contribution in [0, 0.1) is 5.41 Å². The van der Waals surface area contributed by atoms with Crippen molar-refractivity contribution in [3.8, 4) is 0 Å². The van der Waals surface area contributed by atoms with E-state index < -0.39 is 0 Å². The molecule has 0 amide bonds. The lowest BCUT2D eigenvalue weighted by atomic mass is 9.78. The zero-order valence-corrected chi connectivity index (χ0v) is 11.5. The van der Waals surface area contributed by atoms with Gasteiger partial charge in [0.2, 0.25) is 0 Å². The third-order valence-electron chi connectivity index (χ3n) is 3.15. The van der Waals surface area contributed by atoms with Gasteiger partial charge in [-0.1, -0.05) is 26.7 Å². The molecule has 0 heterocycles. The first-order chi connectivity index (χ1) is 6.74. The number of unbranched alkanes of at least 4 members (excludes halogenated alkanes) is 1. The topological polar surface area (TPSA) is 0 Å². The molecule has 2 heteroatoms. The van der Waals surface area contributed by atoms with E-state index in [0.29, 0.717) is 5.41 Å². The molecule has 0 aliphatic rings. The molecule has 0 aromatic carbocycles. The molecule has 0 nitrogen and oxygen atoms in total. The molecule has 1 unspecified atom stereocenters. The fraction of sp³-hybridized carbons (Fsp3) is 1.00. The van der Waals surface area contributed by atoms with E-state index in [1.165, 1.54) is 44.3 Å². The van der Waals surface area contributed by atoms with Gasteiger partial charge in [0, 0.05) is 5.88 Å². The molecule has 0 aliphatic heterocycles. The minimum Gasteiger partial charge on any atom is -0.165 e. The van der Waals surface area contributed by atoms with Crippen LogP contribution in [0.25, 0.3) is 0 Å². The molecule has 0 spiro atoms. The van der Waals surface area contributed by atoms with Crippen molar-refractivity contribution in [3.63, 3.8) is 0 Å².